The number of hydrogen-bond donors (Lipinski definition) is 2. The summed E-state index contributed by atoms with van der Waals surface area (Å²) in [6.45, 7) is 6.10. The number of hydrogen-bond acceptors (Lipinski definition) is 3. The van der Waals surface area contributed by atoms with Crippen LogP contribution in [0.4, 0.5) is 5.69 Å². The minimum atomic E-state index is -1.07. The zero-order chi connectivity index (χ0) is 15.9. The van der Waals surface area contributed by atoms with E-state index in [2.05, 4.69) is 18.3 Å². The van der Waals surface area contributed by atoms with E-state index in [1.807, 2.05) is 44.2 Å². The first kappa shape index (κ1) is 15.1. The predicted octanol–water partition coefficient (Wildman–Crippen LogP) is 3.76. The number of rotatable bonds is 1. The Morgan fingerprint density at radius 2 is 1.68 bits per heavy atom. The summed E-state index contributed by atoms with van der Waals surface area (Å²) in [6, 6.07) is 12.0. The zero-order valence-corrected chi connectivity index (χ0v) is 13.7. The van der Waals surface area contributed by atoms with E-state index in [1.165, 1.54) is 17.3 Å². The summed E-state index contributed by atoms with van der Waals surface area (Å²) in [5.41, 5.74) is 5.21. The van der Waals surface area contributed by atoms with Crippen LogP contribution in [0.25, 0.3) is 0 Å². The molecule has 0 fully saturated rings. The van der Waals surface area contributed by atoms with Gasteiger partial charge in [0.15, 0.2) is 0 Å². The number of carbonyl (C=O) groups is 1. The quantitative estimate of drug-likeness (QED) is 0.843. The molecule has 2 aromatic carbocycles. The standard InChI is InChI=1S/C18H19NO2S/c1-10-4-6-13(7-5-10)17-16(20)18(21)19-14-8-11(2)12(3)9-15(14)22-17/h4-9,16-17,20H,1-3H3,(H,19,21)/t16-,17+/m0/s1. The molecule has 22 heavy (non-hydrogen) atoms. The van der Waals surface area contributed by atoms with Gasteiger partial charge in [0.2, 0.25) is 0 Å². The fraction of sp³-hybridized carbons (Fsp3) is 0.278. The van der Waals surface area contributed by atoms with Crippen molar-refractivity contribution in [3.63, 3.8) is 0 Å². The van der Waals surface area contributed by atoms with Gasteiger partial charge >= 0.3 is 0 Å². The van der Waals surface area contributed by atoms with Crippen molar-refractivity contribution in [2.75, 3.05) is 5.32 Å². The fourth-order valence-corrected chi connectivity index (χ4v) is 3.84. The number of aryl methyl sites for hydroxylation is 3. The van der Waals surface area contributed by atoms with Crippen molar-refractivity contribution in [3.8, 4) is 0 Å². The summed E-state index contributed by atoms with van der Waals surface area (Å²) >= 11 is 1.54. The van der Waals surface area contributed by atoms with Crippen molar-refractivity contribution in [3.05, 3.63) is 58.7 Å². The smallest absolute Gasteiger partial charge is 0.254 e. The third kappa shape index (κ3) is 2.76. The lowest BCUT2D eigenvalue weighted by atomic mass is 10.0. The highest BCUT2D eigenvalue weighted by atomic mass is 32.2. The van der Waals surface area contributed by atoms with E-state index in [-0.39, 0.29) is 11.2 Å². The Morgan fingerprint density at radius 3 is 2.36 bits per heavy atom. The van der Waals surface area contributed by atoms with Crippen molar-refractivity contribution >= 4 is 23.4 Å². The van der Waals surface area contributed by atoms with Crippen LogP contribution in [0, 0.1) is 20.8 Å². The average molecular weight is 313 g/mol. The third-order valence-electron chi connectivity index (χ3n) is 4.07. The van der Waals surface area contributed by atoms with Crippen LogP contribution in [0.15, 0.2) is 41.3 Å². The van der Waals surface area contributed by atoms with Crippen LogP contribution in [-0.4, -0.2) is 17.1 Å². The minimum Gasteiger partial charge on any atom is -0.382 e. The molecular weight excluding hydrogens is 294 g/mol. The summed E-state index contributed by atoms with van der Waals surface area (Å²) in [5.74, 6) is -0.347. The van der Waals surface area contributed by atoms with E-state index < -0.39 is 6.10 Å². The first-order valence-corrected chi connectivity index (χ1v) is 8.17. The largest absolute Gasteiger partial charge is 0.382 e. The molecule has 4 heteroatoms. The number of amides is 1. The lowest BCUT2D eigenvalue weighted by Crippen LogP contribution is -2.30. The Morgan fingerprint density at radius 1 is 1.05 bits per heavy atom. The normalized spacial score (nSPS) is 21.0. The van der Waals surface area contributed by atoms with Gasteiger partial charge in [-0.25, -0.2) is 0 Å². The molecule has 0 radical (unpaired) electrons. The molecule has 3 rings (SSSR count). The summed E-state index contributed by atoms with van der Waals surface area (Å²) in [6.07, 6.45) is -1.07. The van der Waals surface area contributed by atoms with Gasteiger partial charge in [0.25, 0.3) is 5.91 Å². The predicted molar refractivity (Wildman–Crippen MR) is 90.3 cm³/mol. The second-order valence-electron chi connectivity index (χ2n) is 5.82. The average Bonchev–Trinajstić information content (AvgIpc) is 2.60. The molecule has 1 amide bonds. The van der Waals surface area contributed by atoms with E-state index in [0.717, 1.165) is 27.3 Å². The van der Waals surface area contributed by atoms with Crippen molar-refractivity contribution in [2.24, 2.45) is 0 Å². The van der Waals surface area contributed by atoms with E-state index in [1.54, 1.807) is 0 Å². The summed E-state index contributed by atoms with van der Waals surface area (Å²) in [5, 5.41) is 13.0. The third-order valence-corrected chi connectivity index (χ3v) is 5.44. The fourth-order valence-electron chi connectivity index (χ4n) is 2.54. The van der Waals surface area contributed by atoms with E-state index in [0.29, 0.717) is 0 Å². The van der Waals surface area contributed by atoms with Crippen LogP contribution in [-0.2, 0) is 4.79 Å². The molecule has 1 heterocycles. The van der Waals surface area contributed by atoms with Crippen LogP contribution in [0.3, 0.4) is 0 Å². The molecule has 0 saturated carbocycles. The lowest BCUT2D eigenvalue weighted by Gasteiger charge is -2.19. The molecule has 3 nitrogen and oxygen atoms in total. The van der Waals surface area contributed by atoms with Crippen LogP contribution < -0.4 is 5.32 Å². The molecule has 1 aliphatic heterocycles. The van der Waals surface area contributed by atoms with Gasteiger partial charge < -0.3 is 10.4 Å². The maximum absolute atomic E-state index is 12.2. The van der Waals surface area contributed by atoms with Crippen molar-refractivity contribution in [1.29, 1.82) is 0 Å². The number of benzene rings is 2. The molecule has 0 saturated heterocycles. The molecule has 2 aromatic rings. The summed E-state index contributed by atoms with van der Waals surface area (Å²) in [7, 11) is 0. The van der Waals surface area contributed by atoms with Crippen LogP contribution in [0.1, 0.15) is 27.5 Å². The van der Waals surface area contributed by atoms with E-state index >= 15 is 0 Å². The van der Waals surface area contributed by atoms with Crippen LogP contribution in [0.2, 0.25) is 0 Å². The maximum Gasteiger partial charge on any atom is 0.254 e. The topological polar surface area (TPSA) is 49.3 Å². The number of nitrogens with one attached hydrogen (secondary N) is 1. The maximum atomic E-state index is 12.2. The summed E-state index contributed by atoms with van der Waals surface area (Å²) in [4.78, 5) is 13.2. The Balaban J connectivity index is 2.05. The first-order valence-electron chi connectivity index (χ1n) is 7.29. The Hall–Kier alpha value is -1.78. The number of thioether (sulfide) groups is 1. The molecule has 114 valence electrons. The Labute approximate surface area is 134 Å². The van der Waals surface area contributed by atoms with Crippen LogP contribution in [0.5, 0.6) is 0 Å². The first-order chi connectivity index (χ1) is 10.5. The van der Waals surface area contributed by atoms with Gasteiger partial charge in [-0.3, -0.25) is 4.79 Å². The van der Waals surface area contributed by atoms with Gasteiger partial charge in [-0.1, -0.05) is 29.8 Å². The SMILES string of the molecule is Cc1ccc([C@H]2Sc3cc(C)c(C)cc3NC(=O)[C@H]2O)cc1. The van der Waals surface area contributed by atoms with Gasteiger partial charge in [-0.15, -0.1) is 11.8 Å². The molecule has 0 aliphatic carbocycles. The summed E-state index contributed by atoms with van der Waals surface area (Å²) < 4.78 is 0. The molecular formula is C18H19NO2S. The molecule has 2 atom stereocenters. The van der Waals surface area contributed by atoms with Gasteiger partial charge in [0.05, 0.1) is 10.9 Å². The zero-order valence-electron chi connectivity index (χ0n) is 12.9. The molecule has 0 aromatic heterocycles. The van der Waals surface area contributed by atoms with Gasteiger partial charge in [-0.2, -0.15) is 0 Å². The van der Waals surface area contributed by atoms with Crippen molar-refractivity contribution in [2.45, 2.75) is 37.0 Å². The molecule has 0 unspecified atom stereocenters. The van der Waals surface area contributed by atoms with E-state index in [4.69, 9.17) is 0 Å². The van der Waals surface area contributed by atoms with Gasteiger partial charge in [-0.05, 0) is 49.6 Å². The Bertz CT molecular complexity index is 725. The highest BCUT2D eigenvalue weighted by molar-refractivity contribution is 7.99. The van der Waals surface area contributed by atoms with E-state index in [9.17, 15) is 9.90 Å². The number of aliphatic hydroxyl groups excluding tert-OH is 1. The second-order valence-corrected chi connectivity index (χ2v) is 7.00. The molecule has 0 spiro atoms. The highest BCUT2D eigenvalue weighted by Crippen LogP contribution is 2.44. The van der Waals surface area contributed by atoms with Crippen molar-refractivity contribution in [1.82, 2.24) is 0 Å². The minimum absolute atomic E-state index is 0.302. The number of aliphatic hydroxyl groups is 1. The van der Waals surface area contributed by atoms with Crippen LogP contribution >= 0.6 is 11.8 Å². The van der Waals surface area contributed by atoms with Gasteiger partial charge in [0, 0.05) is 4.90 Å². The van der Waals surface area contributed by atoms with Gasteiger partial charge in [0.1, 0.15) is 6.10 Å². The number of carbonyl (C=O) groups excluding carboxylic acids is 1. The Kier molecular flexibility index (Phi) is 3.98. The number of anilines is 1. The monoisotopic (exact) mass is 313 g/mol. The molecule has 2 N–H and O–H groups in total. The second kappa shape index (κ2) is 5.78. The lowest BCUT2D eigenvalue weighted by molar-refractivity contribution is -0.124. The highest BCUT2D eigenvalue weighted by Gasteiger charge is 2.32. The number of fused-ring (bicyclic) bond motifs is 1. The molecule has 0 bridgehead atoms. The molecule has 1 aliphatic rings. The van der Waals surface area contributed by atoms with Crippen molar-refractivity contribution < 1.29 is 9.90 Å².